The fraction of sp³-hybridized carbons (Fsp3) is 0.292. The van der Waals surface area contributed by atoms with Crippen LogP contribution in [0.1, 0.15) is 44.6 Å². The molecular weight excluding hydrogens is 410 g/mol. The van der Waals surface area contributed by atoms with Gasteiger partial charge >= 0.3 is 0 Å². The van der Waals surface area contributed by atoms with Gasteiger partial charge in [0, 0.05) is 22.9 Å². The van der Waals surface area contributed by atoms with Crippen molar-refractivity contribution in [3.63, 3.8) is 0 Å². The van der Waals surface area contributed by atoms with Gasteiger partial charge in [0.2, 0.25) is 0 Å². The molecule has 0 unspecified atom stereocenters. The van der Waals surface area contributed by atoms with Crippen molar-refractivity contribution in [1.82, 2.24) is 4.57 Å². The van der Waals surface area contributed by atoms with Crippen LogP contribution in [0.4, 0.5) is 11.4 Å². The molecule has 2 aromatic heterocycles. The third-order valence-electron chi connectivity index (χ3n) is 5.90. The number of rotatable bonds is 4. The number of fused-ring (bicyclic) bond motifs is 1. The fourth-order valence-corrected chi connectivity index (χ4v) is 5.33. The largest absolute Gasteiger partial charge is 0.454 e. The van der Waals surface area contributed by atoms with Crippen molar-refractivity contribution in [3.05, 3.63) is 74.9 Å². The Hall–Kier alpha value is -3.19. The van der Waals surface area contributed by atoms with Crippen LogP contribution in [0.25, 0.3) is 22.4 Å². The van der Waals surface area contributed by atoms with E-state index >= 15 is 0 Å². The van der Waals surface area contributed by atoms with E-state index in [2.05, 4.69) is 16.0 Å². The first-order chi connectivity index (χ1) is 15.2. The highest BCUT2D eigenvalue weighted by atomic mass is 32.1. The van der Waals surface area contributed by atoms with Crippen molar-refractivity contribution in [3.8, 4) is 11.5 Å². The molecular formula is C24H23N3O3S. The van der Waals surface area contributed by atoms with E-state index < -0.39 is 0 Å². The molecule has 0 spiro atoms. The van der Waals surface area contributed by atoms with Crippen LogP contribution in [0.2, 0.25) is 0 Å². The normalized spacial score (nSPS) is 15.9. The first-order valence-corrected chi connectivity index (χ1v) is 11.6. The topological polar surface area (TPSA) is 73.6 Å². The number of hydrogen-bond acceptors (Lipinski definition) is 5. The van der Waals surface area contributed by atoms with Crippen molar-refractivity contribution in [2.24, 2.45) is 4.99 Å². The lowest BCUT2D eigenvalue weighted by atomic mass is 10.1. The third-order valence-corrected chi connectivity index (χ3v) is 6.74. The average Bonchev–Trinajstić information content (AvgIpc) is 3.29. The average molecular weight is 434 g/mol. The Labute approximate surface area is 183 Å². The van der Waals surface area contributed by atoms with Gasteiger partial charge < -0.3 is 8.98 Å². The highest BCUT2D eigenvalue weighted by Gasteiger charge is 2.22. The lowest BCUT2D eigenvalue weighted by Gasteiger charge is -2.19. The maximum Gasteiger partial charge on any atom is 0.294 e. The number of thiazole rings is 1. The minimum absolute atomic E-state index is 0.0219. The third kappa shape index (κ3) is 3.93. The maximum absolute atomic E-state index is 11.5. The van der Waals surface area contributed by atoms with Gasteiger partial charge in [-0.25, -0.2) is 4.99 Å². The van der Waals surface area contributed by atoms with E-state index in [1.54, 1.807) is 18.2 Å². The molecule has 158 valence electrons. The Morgan fingerprint density at radius 2 is 1.77 bits per heavy atom. The zero-order chi connectivity index (χ0) is 21.2. The molecule has 1 fully saturated rings. The smallest absolute Gasteiger partial charge is 0.294 e. The number of nitrogens with zero attached hydrogens (tertiary/aromatic N) is 3. The summed E-state index contributed by atoms with van der Waals surface area (Å²) in [6.45, 7) is 0. The summed E-state index contributed by atoms with van der Waals surface area (Å²) in [5.41, 5.74) is 2.25. The molecule has 0 saturated heterocycles. The second kappa shape index (κ2) is 8.51. The number of hydrogen-bond donors (Lipinski definition) is 0. The predicted octanol–water partition coefficient (Wildman–Crippen LogP) is 7.00. The van der Waals surface area contributed by atoms with Crippen LogP contribution < -0.4 is 4.80 Å². The highest BCUT2D eigenvalue weighted by molar-refractivity contribution is 7.07. The molecule has 0 aliphatic heterocycles. The van der Waals surface area contributed by atoms with E-state index in [9.17, 15) is 10.1 Å². The van der Waals surface area contributed by atoms with E-state index in [-0.39, 0.29) is 10.6 Å². The van der Waals surface area contributed by atoms with Gasteiger partial charge in [0.1, 0.15) is 11.3 Å². The summed E-state index contributed by atoms with van der Waals surface area (Å²) in [6, 6.07) is 17.0. The molecule has 4 aromatic rings. The summed E-state index contributed by atoms with van der Waals surface area (Å²) in [6.07, 6.45) is 7.01. The molecule has 6 nitrogen and oxygen atoms in total. The van der Waals surface area contributed by atoms with Crippen molar-refractivity contribution < 1.29 is 9.34 Å². The molecule has 1 saturated carbocycles. The first kappa shape index (κ1) is 19.8. The Kier molecular flexibility index (Phi) is 5.42. The van der Waals surface area contributed by atoms with Gasteiger partial charge in [-0.1, -0.05) is 56.0 Å². The van der Waals surface area contributed by atoms with E-state index in [0.29, 0.717) is 11.7 Å². The van der Waals surface area contributed by atoms with Gasteiger partial charge in [-0.05, 0) is 31.0 Å². The number of furan rings is 1. The molecule has 2 heterocycles. The Balaban J connectivity index is 1.69. The molecule has 0 N–H and O–H groups in total. The minimum atomic E-state index is -0.372. The SMILES string of the molecule is O=[N+]([O-])c1ccccc1N=c1scc(-c2cc3ccccc3o2)n1C1CCCCCC1. The van der Waals surface area contributed by atoms with Crippen LogP contribution in [-0.2, 0) is 0 Å². The molecule has 0 amide bonds. The van der Waals surface area contributed by atoms with E-state index in [1.807, 2.05) is 24.3 Å². The van der Waals surface area contributed by atoms with E-state index in [4.69, 9.17) is 9.41 Å². The summed E-state index contributed by atoms with van der Waals surface area (Å²) in [5, 5.41) is 14.6. The Morgan fingerprint density at radius 1 is 1.03 bits per heavy atom. The zero-order valence-corrected chi connectivity index (χ0v) is 17.9. The van der Waals surface area contributed by atoms with Crippen molar-refractivity contribution >= 4 is 33.7 Å². The second-order valence-corrected chi connectivity index (χ2v) is 8.76. The summed E-state index contributed by atoms with van der Waals surface area (Å²) in [4.78, 5) is 16.7. The quantitative estimate of drug-likeness (QED) is 0.198. The van der Waals surface area contributed by atoms with Crippen molar-refractivity contribution in [2.45, 2.75) is 44.6 Å². The standard InChI is InChI=1S/C24H23N3O3S/c28-27(29)20-13-7-6-12-19(20)25-24-26(18-10-3-1-2-4-11-18)21(16-31-24)23-15-17-9-5-8-14-22(17)30-23/h5-9,12-16,18H,1-4,10-11H2. The molecule has 31 heavy (non-hydrogen) atoms. The molecule has 0 radical (unpaired) electrons. The number of aromatic nitrogens is 1. The summed E-state index contributed by atoms with van der Waals surface area (Å²) < 4.78 is 8.43. The molecule has 7 heteroatoms. The van der Waals surface area contributed by atoms with Crippen LogP contribution >= 0.6 is 11.3 Å². The summed E-state index contributed by atoms with van der Waals surface area (Å²) in [7, 11) is 0. The van der Waals surface area contributed by atoms with Crippen LogP contribution in [0, 0.1) is 10.1 Å². The van der Waals surface area contributed by atoms with Crippen LogP contribution in [0.15, 0.2) is 69.4 Å². The number of nitro groups is 1. The molecule has 1 aliphatic carbocycles. The number of benzene rings is 2. The van der Waals surface area contributed by atoms with E-state index in [1.165, 1.54) is 43.1 Å². The van der Waals surface area contributed by atoms with Crippen LogP contribution in [-0.4, -0.2) is 9.49 Å². The fourth-order valence-electron chi connectivity index (χ4n) is 4.38. The lowest BCUT2D eigenvalue weighted by molar-refractivity contribution is -0.384. The molecule has 1 aliphatic rings. The maximum atomic E-state index is 11.5. The van der Waals surface area contributed by atoms with Gasteiger partial charge in [-0.2, -0.15) is 0 Å². The van der Waals surface area contributed by atoms with Gasteiger partial charge in [0.25, 0.3) is 5.69 Å². The lowest BCUT2D eigenvalue weighted by Crippen LogP contribution is -2.21. The van der Waals surface area contributed by atoms with E-state index in [0.717, 1.165) is 40.1 Å². The van der Waals surface area contributed by atoms with Gasteiger partial charge in [-0.3, -0.25) is 10.1 Å². The van der Waals surface area contributed by atoms with Crippen LogP contribution in [0.3, 0.4) is 0 Å². The monoisotopic (exact) mass is 433 g/mol. The molecule has 0 atom stereocenters. The highest BCUT2D eigenvalue weighted by Crippen LogP contribution is 2.34. The summed E-state index contributed by atoms with van der Waals surface area (Å²) in [5.74, 6) is 0.811. The molecule has 2 aromatic carbocycles. The zero-order valence-electron chi connectivity index (χ0n) is 17.1. The second-order valence-electron chi connectivity index (χ2n) is 7.93. The molecule has 5 rings (SSSR count). The van der Waals surface area contributed by atoms with Gasteiger partial charge in [0.05, 0.1) is 10.6 Å². The van der Waals surface area contributed by atoms with Crippen molar-refractivity contribution in [2.75, 3.05) is 0 Å². The number of para-hydroxylation sites is 3. The Bertz CT molecular complexity index is 1260. The first-order valence-electron chi connectivity index (χ1n) is 10.7. The van der Waals surface area contributed by atoms with Crippen LogP contribution in [0.5, 0.6) is 0 Å². The van der Waals surface area contributed by atoms with Gasteiger partial charge in [0.15, 0.2) is 10.6 Å². The minimum Gasteiger partial charge on any atom is -0.454 e. The van der Waals surface area contributed by atoms with Crippen molar-refractivity contribution in [1.29, 1.82) is 0 Å². The van der Waals surface area contributed by atoms with Gasteiger partial charge in [-0.15, -0.1) is 11.3 Å². The Morgan fingerprint density at radius 3 is 2.55 bits per heavy atom. The predicted molar refractivity (Wildman–Crippen MR) is 123 cm³/mol. The molecule has 0 bridgehead atoms. The summed E-state index contributed by atoms with van der Waals surface area (Å²) >= 11 is 1.51. The number of nitro benzene ring substituents is 1.